The number of halogens is 1. The summed E-state index contributed by atoms with van der Waals surface area (Å²) >= 11 is 3.67. The third-order valence-electron chi connectivity index (χ3n) is 3.51. The van der Waals surface area contributed by atoms with Gasteiger partial charge in [-0.2, -0.15) is 5.10 Å². The first-order valence-electron chi connectivity index (χ1n) is 7.21. The molecule has 0 aliphatic rings. The minimum Gasteiger partial charge on any atom is -0.493 e. The fraction of sp³-hybridized carbons (Fsp3) is 0.438. The Labute approximate surface area is 134 Å². The molecule has 4 nitrogen and oxygen atoms in total. The van der Waals surface area contributed by atoms with Crippen molar-refractivity contribution in [2.75, 3.05) is 13.7 Å². The number of aromatic nitrogens is 2. The predicted octanol–water partition coefficient (Wildman–Crippen LogP) is 3.68. The lowest BCUT2D eigenvalue weighted by atomic mass is 10.0. The zero-order chi connectivity index (χ0) is 15.4. The molecule has 0 saturated heterocycles. The molecule has 0 saturated carbocycles. The second kappa shape index (κ2) is 7.09. The first kappa shape index (κ1) is 16.0. The van der Waals surface area contributed by atoms with E-state index < -0.39 is 0 Å². The lowest BCUT2D eigenvalue weighted by molar-refractivity contribution is 0.399. The Bertz CT molecular complexity index is 588. The summed E-state index contributed by atoms with van der Waals surface area (Å²) in [6.07, 6.45) is 1.78. The van der Waals surface area contributed by atoms with Crippen LogP contribution in [-0.4, -0.2) is 23.4 Å². The quantitative estimate of drug-likeness (QED) is 0.862. The molecule has 1 heterocycles. The van der Waals surface area contributed by atoms with Gasteiger partial charge in [-0.1, -0.05) is 40.5 Å². The summed E-state index contributed by atoms with van der Waals surface area (Å²) in [5.74, 6) is 0.816. The molecule has 21 heavy (non-hydrogen) atoms. The van der Waals surface area contributed by atoms with E-state index in [9.17, 15) is 0 Å². The molecule has 1 aromatic carbocycles. The number of ether oxygens (including phenoxy) is 1. The van der Waals surface area contributed by atoms with Gasteiger partial charge in [-0.3, -0.25) is 4.68 Å². The molecular formula is C16H22BrN3O. The number of methoxy groups -OCH3 is 1. The monoisotopic (exact) mass is 351 g/mol. The van der Waals surface area contributed by atoms with Gasteiger partial charge in [-0.05, 0) is 32.0 Å². The molecule has 1 N–H and O–H groups in total. The fourth-order valence-corrected chi connectivity index (χ4v) is 3.00. The van der Waals surface area contributed by atoms with Crippen LogP contribution in [0.2, 0.25) is 0 Å². The van der Waals surface area contributed by atoms with E-state index in [1.807, 2.05) is 4.68 Å². The molecule has 1 unspecified atom stereocenters. The summed E-state index contributed by atoms with van der Waals surface area (Å²) < 4.78 is 8.58. The largest absolute Gasteiger partial charge is 0.493 e. The summed E-state index contributed by atoms with van der Waals surface area (Å²) in [7, 11) is 1.69. The van der Waals surface area contributed by atoms with Crippen molar-refractivity contribution in [3.05, 3.63) is 45.7 Å². The molecule has 5 heteroatoms. The van der Waals surface area contributed by atoms with Gasteiger partial charge in [0.1, 0.15) is 5.69 Å². The Hall–Kier alpha value is -1.33. The number of nitrogens with zero attached hydrogens (tertiary/aromatic N) is 2. The van der Waals surface area contributed by atoms with E-state index in [1.54, 1.807) is 13.3 Å². The Morgan fingerprint density at radius 3 is 2.76 bits per heavy atom. The predicted molar refractivity (Wildman–Crippen MR) is 88.9 cm³/mol. The molecule has 0 bridgehead atoms. The zero-order valence-corrected chi connectivity index (χ0v) is 14.6. The summed E-state index contributed by atoms with van der Waals surface area (Å²) in [6, 6.07) is 6.44. The van der Waals surface area contributed by atoms with Crippen molar-refractivity contribution in [1.82, 2.24) is 15.1 Å². The maximum absolute atomic E-state index is 5.51. The van der Waals surface area contributed by atoms with E-state index in [0.29, 0.717) is 0 Å². The van der Waals surface area contributed by atoms with Crippen LogP contribution in [0.3, 0.4) is 0 Å². The smallest absolute Gasteiger partial charge is 0.161 e. The molecule has 114 valence electrons. The van der Waals surface area contributed by atoms with Crippen LogP contribution in [-0.2, 0) is 6.54 Å². The van der Waals surface area contributed by atoms with Crippen LogP contribution in [0.25, 0.3) is 0 Å². The van der Waals surface area contributed by atoms with Crippen LogP contribution in [0, 0.1) is 6.92 Å². The van der Waals surface area contributed by atoms with Gasteiger partial charge < -0.3 is 10.1 Å². The van der Waals surface area contributed by atoms with Gasteiger partial charge in [-0.25, -0.2) is 0 Å². The standard InChI is InChI=1S/C16H22BrN3O/c1-5-18-15(12-9-11(3)7-8-13(12)17)16-14(21-4)10-19-20(16)6-2/h7-10,15,18H,5-6H2,1-4H3. The van der Waals surface area contributed by atoms with Crippen LogP contribution in [0.5, 0.6) is 5.75 Å². The number of rotatable bonds is 6. The van der Waals surface area contributed by atoms with E-state index in [2.05, 4.69) is 65.3 Å². The van der Waals surface area contributed by atoms with Crippen molar-refractivity contribution in [2.24, 2.45) is 0 Å². The first-order chi connectivity index (χ1) is 10.1. The molecule has 0 aliphatic carbocycles. The second-order valence-corrected chi connectivity index (χ2v) is 5.78. The molecule has 0 fully saturated rings. The first-order valence-corrected chi connectivity index (χ1v) is 8.00. The SMILES string of the molecule is CCNC(c1cc(C)ccc1Br)c1c(OC)cnn1CC. The van der Waals surface area contributed by atoms with E-state index in [4.69, 9.17) is 4.74 Å². The average molecular weight is 352 g/mol. The minimum absolute atomic E-state index is 0.0432. The summed E-state index contributed by atoms with van der Waals surface area (Å²) in [6.45, 7) is 7.97. The van der Waals surface area contributed by atoms with Gasteiger partial charge in [0.05, 0.1) is 19.3 Å². The number of benzene rings is 1. The van der Waals surface area contributed by atoms with Gasteiger partial charge >= 0.3 is 0 Å². The van der Waals surface area contributed by atoms with Crippen molar-refractivity contribution in [3.8, 4) is 5.75 Å². The van der Waals surface area contributed by atoms with Gasteiger partial charge in [0, 0.05) is 11.0 Å². The third-order valence-corrected chi connectivity index (χ3v) is 4.23. The molecule has 2 aromatic rings. The molecule has 1 atom stereocenters. The number of aryl methyl sites for hydroxylation is 2. The Balaban J connectivity index is 2.58. The van der Waals surface area contributed by atoms with E-state index in [0.717, 1.165) is 29.0 Å². The summed E-state index contributed by atoms with van der Waals surface area (Å²) in [4.78, 5) is 0. The Morgan fingerprint density at radius 1 is 1.38 bits per heavy atom. The van der Waals surface area contributed by atoms with Gasteiger partial charge in [0.2, 0.25) is 0 Å². The Morgan fingerprint density at radius 2 is 2.14 bits per heavy atom. The van der Waals surface area contributed by atoms with Gasteiger partial charge in [-0.15, -0.1) is 0 Å². The van der Waals surface area contributed by atoms with Crippen LogP contribution < -0.4 is 10.1 Å². The minimum atomic E-state index is 0.0432. The number of hydrogen-bond donors (Lipinski definition) is 1. The van der Waals surface area contributed by atoms with Crippen molar-refractivity contribution >= 4 is 15.9 Å². The number of hydrogen-bond acceptors (Lipinski definition) is 3. The molecular weight excluding hydrogens is 330 g/mol. The highest BCUT2D eigenvalue weighted by molar-refractivity contribution is 9.10. The third kappa shape index (κ3) is 3.30. The van der Waals surface area contributed by atoms with Crippen molar-refractivity contribution in [3.63, 3.8) is 0 Å². The zero-order valence-electron chi connectivity index (χ0n) is 13.0. The van der Waals surface area contributed by atoms with E-state index in [-0.39, 0.29) is 6.04 Å². The van der Waals surface area contributed by atoms with Crippen LogP contribution in [0.15, 0.2) is 28.9 Å². The van der Waals surface area contributed by atoms with Gasteiger partial charge in [0.25, 0.3) is 0 Å². The van der Waals surface area contributed by atoms with Crippen LogP contribution in [0.4, 0.5) is 0 Å². The lowest BCUT2D eigenvalue weighted by Crippen LogP contribution is -2.25. The molecule has 0 radical (unpaired) electrons. The van der Waals surface area contributed by atoms with Crippen LogP contribution in [0.1, 0.15) is 36.7 Å². The van der Waals surface area contributed by atoms with Gasteiger partial charge in [0.15, 0.2) is 5.75 Å². The summed E-state index contributed by atoms with van der Waals surface area (Å²) in [5.41, 5.74) is 3.50. The lowest BCUT2D eigenvalue weighted by Gasteiger charge is -2.22. The second-order valence-electron chi connectivity index (χ2n) is 4.93. The van der Waals surface area contributed by atoms with Crippen molar-refractivity contribution < 1.29 is 4.74 Å². The average Bonchev–Trinajstić information content (AvgIpc) is 2.90. The highest BCUT2D eigenvalue weighted by Gasteiger charge is 2.24. The summed E-state index contributed by atoms with van der Waals surface area (Å²) in [5, 5.41) is 7.97. The van der Waals surface area contributed by atoms with Crippen molar-refractivity contribution in [2.45, 2.75) is 33.4 Å². The molecule has 0 aliphatic heterocycles. The van der Waals surface area contributed by atoms with Crippen molar-refractivity contribution in [1.29, 1.82) is 0 Å². The normalized spacial score (nSPS) is 12.4. The Kier molecular flexibility index (Phi) is 5.42. The molecule has 0 spiro atoms. The van der Waals surface area contributed by atoms with Crippen LogP contribution >= 0.6 is 15.9 Å². The molecule has 2 rings (SSSR count). The molecule has 1 aromatic heterocycles. The van der Waals surface area contributed by atoms with E-state index >= 15 is 0 Å². The number of nitrogens with one attached hydrogen (secondary N) is 1. The van der Waals surface area contributed by atoms with E-state index in [1.165, 1.54) is 11.1 Å². The topological polar surface area (TPSA) is 39.1 Å². The highest BCUT2D eigenvalue weighted by atomic mass is 79.9. The maximum atomic E-state index is 5.51. The maximum Gasteiger partial charge on any atom is 0.161 e. The highest BCUT2D eigenvalue weighted by Crippen LogP contribution is 2.34. The fourth-order valence-electron chi connectivity index (χ4n) is 2.52. The molecule has 0 amide bonds.